The van der Waals surface area contributed by atoms with Crippen LogP contribution in [-0.2, 0) is 0 Å². The molecule has 1 unspecified atom stereocenters. The van der Waals surface area contributed by atoms with Gasteiger partial charge < -0.3 is 5.11 Å². The van der Waals surface area contributed by atoms with Crippen molar-refractivity contribution in [2.24, 2.45) is 0 Å². The summed E-state index contributed by atoms with van der Waals surface area (Å²) in [5.41, 5.74) is 3.40. The Morgan fingerprint density at radius 1 is 0.842 bits per heavy atom. The van der Waals surface area contributed by atoms with Gasteiger partial charge in [-0.2, -0.15) is 0 Å². The van der Waals surface area contributed by atoms with Crippen molar-refractivity contribution in [3.05, 3.63) is 83.4 Å². The number of benzene rings is 2. The fourth-order valence-corrected chi connectivity index (χ4v) is 2.35. The molecule has 0 saturated carbocycles. The van der Waals surface area contributed by atoms with Gasteiger partial charge in [0, 0.05) is 5.92 Å². The lowest BCUT2D eigenvalue weighted by Crippen LogP contribution is -2.17. The predicted octanol–water partition coefficient (Wildman–Crippen LogP) is 4.15. The molecule has 0 spiro atoms. The van der Waals surface area contributed by atoms with E-state index < -0.39 is 6.10 Å². The molecule has 0 radical (unpaired) electrons. The molecule has 0 aromatic heterocycles. The van der Waals surface area contributed by atoms with Crippen molar-refractivity contribution in [3.8, 4) is 0 Å². The third kappa shape index (κ3) is 3.55. The zero-order valence-electron chi connectivity index (χ0n) is 11.5. The Balaban J connectivity index is 2.43. The largest absolute Gasteiger partial charge is 0.388 e. The van der Waals surface area contributed by atoms with Gasteiger partial charge in [0.2, 0.25) is 0 Å². The van der Waals surface area contributed by atoms with Crippen molar-refractivity contribution in [1.29, 1.82) is 0 Å². The predicted molar refractivity (Wildman–Crippen MR) is 80.2 cm³/mol. The molecule has 0 aliphatic heterocycles. The van der Waals surface area contributed by atoms with Crippen LogP contribution in [-0.4, -0.2) is 11.2 Å². The molecule has 0 amide bonds. The third-order valence-corrected chi connectivity index (χ3v) is 3.16. The minimum absolute atomic E-state index is 0.0164. The van der Waals surface area contributed by atoms with Crippen LogP contribution in [0, 0.1) is 0 Å². The van der Waals surface area contributed by atoms with Crippen molar-refractivity contribution < 1.29 is 5.11 Å². The first kappa shape index (κ1) is 13.6. The summed E-state index contributed by atoms with van der Waals surface area (Å²) in [4.78, 5) is 0. The zero-order valence-corrected chi connectivity index (χ0v) is 11.5. The van der Waals surface area contributed by atoms with E-state index in [1.54, 1.807) is 0 Å². The molecule has 1 nitrogen and oxygen atoms in total. The summed E-state index contributed by atoms with van der Waals surface area (Å²) in [5, 5.41) is 10.5. The van der Waals surface area contributed by atoms with Crippen LogP contribution in [0.5, 0.6) is 0 Å². The van der Waals surface area contributed by atoms with E-state index in [9.17, 15) is 5.11 Å². The average molecular weight is 252 g/mol. The molecular formula is C18H20O. The highest BCUT2D eigenvalue weighted by molar-refractivity contribution is 5.35. The van der Waals surface area contributed by atoms with Gasteiger partial charge in [0.05, 0.1) is 6.10 Å². The number of rotatable bonds is 4. The summed E-state index contributed by atoms with van der Waals surface area (Å²) in [5.74, 6) is -0.0164. The fraction of sp³-hybridized carbons (Fsp3) is 0.222. The van der Waals surface area contributed by atoms with E-state index in [-0.39, 0.29) is 5.92 Å². The van der Waals surface area contributed by atoms with E-state index in [0.717, 1.165) is 16.7 Å². The van der Waals surface area contributed by atoms with Gasteiger partial charge in [-0.05, 0) is 25.0 Å². The monoisotopic (exact) mass is 252 g/mol. The molecule has 0 saturated heterocycles. The maximum Gasteiger partial charge on any atom is 0.0832 e. The Hall–Kier alpha value is -1.86. The zero-order chi connectivity index (χ0) is 13.7. The molecule has 19 heavy (non-hydrogen) atoms. The van der Waals surface area contributed by atoms with Crippen LogP contribution < -0.4 is 0 Å². The number of aliphatic hydroxyl groups is 1. The van der Waals surface area contributed by atoms with E-state index >= 15 is 0 Å². The van der Waals surface area contributed by atoms with Gasteiger partial charge in [0.1, 0.15) is 0 Å². The second-order valence-corrected chi connectivity index (χ2v) is 5.03. The van der Waals surface area contributed by atoms with E-state index in [4.69, 9.17) is 0 Å². The molecule has 2 aromatic carbocycles. The van der Waals surface area contributed by atoms with Crippen LogP contribution in [0.15, 0.2) is 72.3 Å². The van der Waals surface area contributed by atoms with E-state index in [2.05, 4.69) is 24.3 Å². The Kier molecular flexibility index (Phi) is 4.53. The molecule has 0 fully saturated rings. The van der Waals surface area contributed by atoms with Crippen molar-refractivity contribution in [2.75, 3.05) is 0 Å². The Bertz CT molecular complexity index is 485. The molecule has 0 aliphatic rings. The first-order valence-electron chi connectivity index (χ1n) is 6.61. The molecule has 2 aromatic rings. The Morgan fingerprint density at radius 3 is 1.63 bits per heavy atom. The number of allylic oxidation sites excluding steroid dienone is 1. The number of hydrogen-bond acceptors (Lipinski definition) is 1. The van der Waals surface area contributed by atoms with Crippen LogP contribution in [0.3, 0.4) is 0 Å². The molecule has 98 valence electrons. The lowest BCUT2D eigenvalue weighted by atomic mass is 9.86. The van der Waals surface area contributed by atoms with Gasteiger partial charge in [-0.25, -0.2) is 0 Å². The van der Waals surface area contributed by atoms with E-state index in [1.165, 1.54) is 0 Å². The molecule has 2 rings (SSSR count). The summed E-state index contributed by atoms with van der Waals surface area (Å²) in [6, 6.07) is 20.3. The van der Waals surface area contributed by atoms with E-state index in [1.807, 2.05) is 56.3 Å². The maximum absolute atomic E-state index is 10.5. The smallest absolute Gasteiger partial charge is 0.0832 e. The molecule has 1 heteroatoms. The standard InChI is InChI=1S/C18H20O/c1-14(2)13-17(19)18(15-9-5-3-6-10-15)16-11-7-4-8-12-16/h3-13,17-19H,1-2H3. The SMILES string of the molecule is CC(C)=CC(O)C(c1ccccc1)c1ccccc1. The van der Waals surface area contributed by atoms with Gasteiger partial charge >= 0.3 is 0 Å². The summed E-state index contributed by atoms with van der Waals surface area (Å²) in [6.45, 7) is 4.02. The first-order chi connectivity index (χ1) is 9.18. The van der Waals surface area contributed by atoms with Gasteiger partial charge in [-0.15, -0.1) is 0 Å². The van der Waals surface area contributed by atoms with Gasteiger partial charge in [0.15, 0.2) is 0 Å². The van der Waals surface area contributed by atoms with Crippen LogP contribution in [0.1, 0.15) is 30.9 Å². The van der Waals surface area contributed by atoms with E-state index in [0.29, 0.717) is 0 Å². The molecular weight excluding hydrogens is 232 g/mol. The van der Waals surface area contributed by atoms with Crippen molar-refractivity contribution in [3.63, 3.8) is 0 Å². The lowest BCUT2D eigenvalue weighted by molar-refractivity contribution is 0.203. The average Bonchev–Trinajstić information content (AvgIpc) is 2.40. The summed E-state index contributed by atoms with van der Waals surface area (Å²) >= 11 is 0. The van der Waals surface area contributed by atoms with Crippen molar-refractivity contribution in [2.45, 2.75) is 25.9 Å². The second kappa shape index (κ2) is 6.35. The Labute approximate surface area is 115 Å². The first-order valence-corrected chi connectivity index (χ1v) is 6.61. The molecule has 1 N–H and O–H groups in total. The van der Waals surface area contributed by atoms with Crippen molar-refractivity contribution >= 4 is 0 Å². The maximum atomic E-state index is 10.5. The Morgan fingerprint density at radius 2 is 1.26 bits per heavy atom. The molecule has 0 aliphatic carbocycles. The topological polar surface area (TPSA) is 20.2 Å². The highest BCUT2D eigenvalue weighted by Gasteiger charge is 2.20. The number of hydrogen-bond donors (Lipinski definition) is 1. The quantitative estimate of drug-likeness (QED) is 0.811. The van der Waals surface area contributed by atoms with Crippen LogP contribution in [0.4, 0.5) is 0 Å². The fourth-order valence-electron chi connectivity index (χ4n) is 2.35. The normalized spacial score (nSPS) is 12.2. The molecule has 1 atom stereocenters. The highest BCUT2D eigenvalue weighted by Crippen LogP contribution is 2.29. The van der Waals surface area contributed by atoms with Crippen LogP contribution in [0.2, 0.25) is 0 Å². The third-order valence-electron chi connectivity index (χ3n) is 3.16. The van der Waals surface area contributed by atoms with Crippen LogP contribution >= 0.6 is 0 Å². The van der Waals surface area contributed by atoms with Gasteiger partial charge in [-0.1, -0.05) is 72.3 Å². The van der Waals surface area contributed by atoms with Gasteiger partial charge in [0.25, 0.3) is 0 Å². The van der Waals surface area contributed by atoms with Crippen molar-refractivity contribution in [1.82, 2.24) is 0 Å². The molecule has 0 bridgehead atoms. The molecule has 0 heterocycles. The highest BCUT2D eigenvalue weighted by atomic mass is 16.3. The lowest BCUT2D eigenvalue weighted by Gasteiger charge is -2.22. The van der Waals surface area contributed by atoms with Crippen LogP contribution in [0.25, 0.3) is 0 Å². The van der Waals surface area contributed by atoms with Gasteiger partial charge in [-0.3, -0.25) is 0 Å². The summed E-state index contributed by atoms with van der Waals surface area (Å²) in [7, 11) is 0. The summed E-state index contributed by atoms with van der Waals surface area (Å²) < 4.78 is 0. The minimum Gasteiger partial charge on any atom is -0.388 e. The number of aliphatic hydroxyl groups excluding tert-OH is 1. The summed E-state index contributed by atoms with van der Waals surface area (Å²) in [6.07, 6.45) is 1.42. The second-order valence-electron chi connectivity index (χ2n) is 5.03. The minimum atomic E-state index is -0.505.